The summed E-state index contributed by atoms with van der Waals surface area (Å²) in [6.45, 7) is 1.25. The van der Waals surface area contributed by atoms with E-state index in [2.05, 4.69) is 25.8 Å². The van der Waals surface area contributed by atoms with E-state index in [0.29, 0.717) is 5.82 Å². The van der Waals surface area contributed by atoms with Gasteiger partial charge >= 0.3 is 12.0 Å². The molecule has 0 radical (unpaired) electrons. The Kier molecular flexibility index (Phi) is 3.82. The molecule has 3 amide bonds. The lowest BCUT2D eigenvalue weighted by Crippen LogP contribution is -2.61. The zero-order valence-electron chi connectivity index (χ0n) is 10.7. The number of hydrogen-bond acceptors (Lipinski definition) is 5. The molecule has 1 aromatic heterocycles. The number of H-pyrrole nitrogens is 1. The molecule has 1 saturated heterocycles. The van der Waals surface area contributed by atoms with Gasteiger partial charge in [0.05, 0.1) is 6.04 Å². The molecule has 2 atom stereocenters. The van der Waals surface area contributed by atoms with Crippen molar-refractivity contribution in [2.45, 2.75) is 19.0 Å². The van der Waals surface area contributed by atoms with Crippen molar-refractivity contribution in [3.05, 3.63) is 12.2 Å². The molecule has 1 fully saturated rings. The third-order valence-corrected chi connectivity index (χ3v) is 2.91. The van der Waals surface area contributed by atoms with Crippen LogP contribution in [0.3, 0.4) is 0 Å². The van der Waals surface area contributed by atoms with E-state index in [1.807, 2.05) is 0 Å². The lowest BCUT2D eigenvalue weighted by molar-refractivity contribution is -0.144. The Balaban J connectivity index is 2.05. The van der Waals surface area contributed by atoms with Crippen molar-refractivity contribution in [2.24, 2.45) is 0 Å². The molecule has 10 heteroatoms. The van der Waals surface area contributed by atoms with Gasteiger partial charge in [-0.15, -0.1) is 0 Å². The minimum absolute atomic E-state index is 0.113. The van der Waals surface area contributed by atoms with Gasteiger partial charge in [-0.25, -0.2) is 14.6 Å². The van der Waals surface area contributed by atoms with Crippen LogP contribution in [0.25, 0.3) is 0 Å². The smallest absolute Gasteiger partial charge is 0.328 e. The van der Waals surface area contributed by atoms with Crippen molar-refractivity contribution < 1.29 is 19.5 Å². The van der Waals surface area contributed by atoms with E-state index in [1.165, 1.54) is 6.33 Å². The van der Waals surface area contributed by atoms with Crippen LogP contribution in [-0.2, 0) is 9.59 Å². The number of nitrogens with zero attached hydrogens (tertiary/aromatic N) is 3. The molecule has 0 aliphatic carbocycles. The average Bonchev–Trinajstić information content (AvgIpc) is 2.92. The van der Waals surface area contributed by atoms with E-state index in [9.17, 15) is 14.4 Å². The fraction of sp³-hybridized carbons (Fsp3) is 0.500. The number of piperazine rings is 1. The Bertz CT molecular complexity index is 516. The largest absolute Gasteiger partial charge is 0.480 e. The molecule has 1 aromatic rings. The van der Waals surface area contributed by atoms with Crippen LogP contribution in [0.4, 0.5) is 4.79 Å². The van der Waals surface area contributed by atoms with Gasteiger partial charge in [-0.05, 0) is 6.92 Å². The van der Waals surface area contributed by atoms with Gasteiger partial charge in [0.1, 0.15) is 24.7 Å². The van der Waals surface area contributed by atoms with Crippen LogP contribution in [0.2, 0.25) is 0 Å². The zero-order valence-corrected chi connectivity index (χ0v) is 10.7. The van der Waals surface area contributed by atoms with Crippen molar-refractivity contribution in [3.8, 4) is 0 Å². The van der Waals surface area contributed by atoms with Crippen molar-refractivity contribution in [2.75, 3.05) is 13.1 Å². The SMILES string of the molecule is CC(NC(=O)N1CC(=O)NCC1C(=O)O)c1ncn[nH]1. The van der Waals surface area contributed by atoms with Gasteiger partial charge in [-0.1, -0.05) is 0 Å². The average molecular weight is 282 g/mol. The summed E-state index contributed by atoms with van der Waals surface area (Å²) in [7, 11) is 0. The number of carboxylic acid groups (broad SMARTS) is 1. The third-order valence-electron chi connectivity index (χ3n) is 2.91. The first kappa shape index (κ1) is 13.8. The summed E-state index contributed by atoms with van der Waals surface area (Å²) in [5.74, 6) is -1.14. The molecular weight excluding hydrogens is 268 g/mol. The second kappa shape index (κ2) is 5.55. The van der Waals surface area contributed by atoms with Crippen molar-refractivity contribution in [1.82, 2.24) is 30.7 Å². The van der Waals surface area contributed by atoms with Crippen LogP contribution in [0.1, 0.15) is 18.8 Å². The fourth-order valence-electron chi connectivity index (χ4n) is 1.84. The Hall–Kier alpha value is -2.65. The van der Waals surface area contributed by atoms with Gasteiger partial charge in [-0.3, -0.25) is 14.8 Å². The predicted molar refractivity (Wildman–Crippen MR) is 64.5 cm³/mol. The normalized spacial score (nSPS) is 20.1. The molecule has 1 aliphatic rings. The number of carboxylic acids is 1. The predicted octanol–water partition coefficient (Wildman–Crippen LogP) is -1.54. The first-order valence-corrected chi connectivity index (χ1v) is 5.91. The fourth-order valence-corrected chi connectivity index (χ4v) is 1.84. The lowest BCUT2D eigenvalue weighted by Gasteiger charge is -2.33. The summed E-state index contributed by atoms with van der Waals surface area (Å²) < 4.78 is 0. The van der Waals surface area contributed by atoms with E-state index in [1.54, 1.807) is 6.92 Å². The molecule has 0 bridgehead atoms. The summed E-state index contributed by atoms with van der Waals surface area (Å²) >= 11 is 0. The highest BCUT2D eigenvalue weighted by molar-refractivity contribution is 5.90. The Morgan fingerprint density at radius 3 is 2.95 bits per heavy atom. The third kappa shape index (κ3) is 2.84. The summed E-state index contributed by atoms with van der Waals surface area (Å²) in [6.07, 6.45) is 1.30. The summed E-state index contributed by atoms with van der Waals surface area (Å²) in [5, 5.41) is 20.3. The van der Waals surface area contributed by atoms with Crippen molar-refractivity contribution >= 4 is 17.9 Å². The monoisotopic (exact) mass is 282 g/mol. The van der Waals surface area contributed by atoms with Crippen LogP contribution < -0.4 is 10.6 Å². The minimum atomic E-state index is -1.17. The molecule has 10 nitrogen and oxygen atoms in total. The van der Waals surface area contributed by atoms with Crippen LogP contribution in [0, 0.1) is 0 Å². The number of amides is 3. The van der Waals surface area contributed by atoms with E-state index < -0.39 is 30.0 Å². The lowest BCUT2D eigenvalue weighted by atomic mass is 10.2. The topological polar surface area (TPSA) is 140 Å². The molecule has 20 heavy (non-hydrogen) atoms. The van der Waals surface area contributed by atoms with Gasteiger partial charge < -0.3 is 15.7 Å². The van der Waals surface area contributed by atoms with E-state index in [0.717, 1.165) is 4.90 Å². The van der Waals surface area contributed by atoms with E-state index in [4.69, 9.17) is 5.11 Å². The number of carbonyl (C=O) groups is 3. The van der Waals surface area contributed by atoms with E-state index in [-0.39, 0.29) is 13.1 Å². The van der Waals surface area contributed by atoms with Gasteiger partial charge in [-0.2, -0.15) is 5.10 Å². The maximum Gasteiger partial charge on any atom is 0.328 e. The maximum absolute atomic E-state index is 12.1. The van der Waals surface area contributed by atoms with Gasteiger partial charge in [0, 0.05) is 6.54 Å². The van der Waals surface area contributed by atoms with Gasteiger partial charge in [0.2, 0.25) is 5.91 Å². The number of aromatic nitrogens is 3. The van der Waals surface area contributed by atoms with Crippen molar-refractivity contribution in [3.63, 3.8) is 0 Å². The molecule has 0 aromatic carbocycles. The summed E-state index contributed by atoms with van der Waals surface area (Å²) in [6, 6.07) is -2.21. The maximum atomic E-state index is 12.1. The highest BCUT2D eigenvalue weighted by Gasteiger charge is 2.35. The molecule has 4 N–H and O–H groups in total. The number of carbonyl (C=O) groups excluding carboxylic acids is 2. The molecule has 0 spiro atoms. The molecule has 1 aliphatic heterocycles. The molecule has 0 saturated carbocycles. The van der Waals surface area contributed by atoms with E-state index >= 15 is 0 Å². The molecule has 108 valence electrons. The first-order chi connectivity index (χ1) is 9.49. The molecule has 2 rings (SSSR count). The number of hydrogen-bond donors (Lipinski definition) is 4. The number of urea groups is 1. The molecular formula is C10H14N6O4. The van der Waals surface area contributed by atoms with Crippen LogP contribution in [-0.4, -0.2) is 62.2 Å². The minimum Gasteiger partial charge on any atom is -0.480 e. The zero-order chi connectivity index (χ0) is 14.7. The van der Waals surface area contributed by atoms with Gasteiger partial charge in [0.25, 0.3) is 0 Å². The van der Waals surface area contributed by atoms with Crippen LogP contribution >= 0.6 is 0 Å². The second-order valence-electron chi connectivity index (χ2n) is 4.33. The number of aromatic amines is 1. The number of aliphatic carboxylic acids is 1. The van der Waals surface area contributed by atoms with Crippen molar-refractivity contribution in [1.29, 1.82) is 0 Å². The van der Waals surface area contributed by atoms with Gasteiger partial charge in [0.15, 0.2) is 0 Å². The highest BCUT2D eigenvalue weighted by atomic mass is 16.4. The Labute approximate surface area is 113 Å². The summed E-state index contributed by atoms with van der Waals surface area (Å²) in [5.41, 5.74) is 0. The van der Waals surface area contributed by atoms with Crippen LogP contribution in [0.15, 0.2) is 6.33 Å². The Morgan fingerprint density at radius 1 is 1.60 bits per heavy atom. The molecule has 2 unspecified atom stereocenters. The summed E-state index contributed by atoms with van der Waals surface area (Å²) in [4.78, 5) is 39.3. The second-order valence-corrected chi connectivity index (χ2v) is 4.33. The highest BCUT2D eigenvalue weighted by Crippen LogP contribution is 2.09. The Morgan fingerprint density at radius 2 is 2.35 bits per heavy atom. The first-order valence-electron chi connectivity index (χ1n) is 5.91. The quantitative estimate of drug-likeness (QED) is 0.529. The van der Waals surface area contributed by atoms with Crippen LogP contribution in [0.5, 0.6) is 0 Å². The molecule has 2 heterocycles. The number of nitrogens with one attached hydrogen (secondary N) is 3. The standard InChI is InChI=1S/C10H14N6O4/c1-5(8-12-4-13-15-8)14-10(20)16-3-7(17)11-2-6(16)9(18)19/h4-6H,2-3H2,1H3,(H,11,17)(H,14,20)(H,18,19)(H,12,13,15). The number of rotatable bonds is 3.